The Morgan fingerprint density at radius 3 is 2.81 bits per heavy atom. The molecule has 0 atom stereocenters. The van der Waals surface area contributed by atoms with Crippen molar-refractivity contribution in [1.82, 2.24) is 19.9 Å². The van der Waals surface area contributed by atoms with Crippen LogP contribution in [0.1, 0.15) is 12.0 Å². The first kappa shape index (κ1) is 21.4. The number of aromatic nitrogens is 3. The summed E-state index contributed by atoms with van der Waals surface area (Å²) in [7, 11) is 4.14. The van der Waals surface area contributed by atoms with Gasteiger partial charge in [0.05, 0.1) is 22.6 Å². The average Bonchev–Trinajstić information content (AvgIpc) is 2.87. The predicted octanol–water partition coefficient (Wildman–Crippen LogP) is 4.59. The summed E-state index contributed by atoms with van der Waals surface area (Å²) in [5.74, 6) is 1.35. The highest BCUT2D eigenvalue weighted by Crippen LogP contribution is 2.35. The second kappa shape index (κ2) is 9.55. The van der Waals surface area contributed by atoms with Crippen molar-refractivity contribution in [3.8, 4) is 11.3 Å². The van der Waals surface area contributed by atoms with Crippen LogP contribution >= 0.6 is 23.8 Å². The van der Waals surface area contributed by atoms with Gasteiger partial charge in [0.2, 0.25) is 5.95 Å². The standard InChI is InChI=1S/C22H24ClN7S/c1-30(2)9-3-8-24-19-7-5-16(13-25-19)27-22-26-12-14-10-20(31)28-18-11-15(23)4-6-17(18)21(14)29-22/h4-7,11-13H,3,8-10H2,1-2H3,(H,24,25)(H,28,31)(H,26,27,29). The van der Waals surface area contributed by atoms with Crippen LogP contribution in [0.2, 0.25) is 5.02 Å². The number of pyridine rings is 1. The number of hydrogen-bond acceptors (Lipinski definition) is 7. The van der Waals surface area contributed by atoms with Crippen molar-refractivity contribution in [2.45, 2.75) is 12.8 Å². The second-order valence-electron chi connectivity index (χ2n) is 7.62. The molecule has 160 valence electrons. The molecule has 0 bridgehead atoms. The molecule has 9 heteroatoms. The number of benzene rings is 1. The van der Waals surface area contributed by atoms with Gasteiger partial charge in [0.1, 0.15) is 5.82 Å². The van der Waals surface area contributed by atoms with Crippen molar-refractivity contribution in [3.63, 3.8) is 0 Å². The van der Waals surface area contributed by atoms with Crippen molar-refractivity contribution in [2.24, 2.45) is 0 Å². The number of thiocarbonyl (C=S) groups is 1. The Bertz CT molecular complexity index is 1090. The summed E-state index contributed by atoms with van der Waals surface area (Å²) in [6, 6.07) is 9.57. The number of nitrogens with zero attached hydrogens (tertiary/aromatic N) is 4. The zero-order valence-electron chi connectivity index (χ0n) is 17.4. The number of fused-ring (bicyclic) bond motifs is 3. The SMILES string of the molecule is CN(C)CCCNc1ccc(Nc2ncc3c(n2)-c2ccc(Cl)cc2NC(=S)C3)cn1. The first-order chi connectivity index (χ1) is 15.0. The van der Waals surface area contributed by atoms with Gasteiger partial charge in [0.15, 0.2) is 0 Å². The summed E-state index contributed by atoms with van der Waals surface area (Å²) < 4.78 is 0. The van der Waals surface area contributed by atoms with Gasteiger partial charge in [-0.1, -0.05) is 23.8 Å². The second-order valence-corrected chi connectivity index (χ2v) is 8.55. The lowest BCUT2D eigenvalue weighted by Gasteiger charge is -2.12. The van der Waals surface area contributed by atoms with Gasteiger partial charge >= 0.3 is 0 Å². The minimum Gasteiger partial charge on any atom is -0.370 e. The topological polar surface area (TPSA) is 78.0 Å². The van der Waals surface area contributed by atoms with Crippen LogP contribution in [0.3, 0.4) is 0 Å². The van der Waals surface area contributed by atoms with Gasteiger partial charge in [0.25, 0.3) is 0 Å². The van der Waals surface area contributed by atoms with E-state index in [0.29, 0.717) is 22.4 Å². The Morgan fingerprint density at radius 2 is 2.03 bits per heavy atom. The van der Waals surface area contributed by atoms with E-state index in [1.165, 1.54) is 0 Å². The van der Waals surface area contributed by atoms with E-state index in [9.17, 15) is 0 Å². The monoisotopic (exact) mass is 453 g/mol. The molecule has 0 radical (unpaired) electrons. The molecule has 0 saturated carbocycles. The fourth-order valence-electron chi connectivity index (χ4n) is 3.34. The summed E-state index contributed by atoms with van der Waals surface area (Å²) in [6.07, 6.45) is 5.22. The molecule has 0 fully saturated rings. The minimum atomic E-state index is 0.501. The fraction of sp³-hybridized carbons (Fsp3) is 0.273. The van der Waals surface area contributed by atoms with Gasteiger partial charge < -0.3 is 20.9 Å². The molecule has 0 aliphatic carbocycles. The molecule has 4 rings (SSSR count). The van der Waals surface area contributed by atoms with Crippen LogP contribution in [0.5, 0.6) is 0 Å². The van der Waals surface area contributed by atoms with E-state index in [0.717, 1.165) is 53.5 Å². The van der Waals surface area contributed by atoms with Gasteiger partial charge in [-0.15, -0.1) is 0 Å². The van der Waals surface area contributed by atoms with Gasteiger partial charge in [-0.05, 0) is 57.4 Å². The minimum absolute atomic E-state index is 0.501. The van der Waals surface area contributed by atoms with Crippen molar-refractivity contribution in [3.05, 3.63) is 53.3 Å². The number of rotatable bonds is 7. The molecule has 2 aromatic heterocycles. The third-order valence-electron chi connectivity index (χ3n) is 4.83. The Hall–Kier alpha value is -2.81. The number of halogens is 1. The maximum absolute atomic E-state index is 6.17. The third-order valence-corrected chi connectivity index (χ3v) is 5.32. The van der Waals surface area contributed by atoms with Crippen molar-refractivity contribution in [2.75, 3.05) is 43.1 Å². The molecule has 3 heterocycles. The summed E-state index contributed by atoms with van der Waals surface area (Å²) in [6.45, 7) is 1.92. The molecule has 3 aromatic rings. The highest BCUT2D eigenvalue weighted by molar-refractivity contribution is 7.80. The Morgan fingerprint density at radius 1 is 1.16 bits per heavy atom. The molecule has 3 N–H and O–H groups in total. The smallest absolute Gasteiger partial charge is 0.227 e. The quantitative estimate of drug-likeness (QED) is 0.354. The first-order valence-electron chi connectivity index (χ1n) is 10.1. The molecule has 1 aliphatic heterocycles. The molecular weight excluding hydrogens is 430 g/mol. The largest absolute Gasteiger partial charge is 0.370 e. The van der Waals surface area contributed by atoms with Crippen LogP contribution < -0.4 is 16.0 Å². The number of nitrogens with one attached hydrogen (secondary N) is 3. The van der Waals surface area contributed by atoms with Crippen LogP contribution in [-0.4, -0.2) is 52.0 Å². The lowest BCUT2D eigenvalue weighted by Crippen LogP contribution is -2.16. The maximum Gasteiger partial charge on any atom is 0.227 e. The molecule has 0 saturated heterocycles. The summed E-state index contributed by atoms with van der Waals surface area (Å²) in [5, 5.41) is 10.5. The van der Waals surface area contributed by atoms with Crippen LogP contribution in [0.4, 0.5) is 23.1 Å². The van der Waals surface area contributed by atoms with Crippen molar-refractivity contribution >= 4 is 51.9 Å². The third kappa shape index (κ3) is 5.46. The zero-order chi connectivity index (χ0) is 21.8. The summed E-state index contributed by atoms with van der Waals surface area (Å²) >= 11 is 11.6. The highest BCUT2D eigenvalue weighted by atomic mass is 35.5. The normalized spacial score (nSPS) is 12.6. The van der Waals surface area contributed by atoms with E-state index in [1.807, 2.05) is 36.5 Å². The van der Waals surface area contributed by atoms with Crippen molar-refractivity contribution in [1.29, 1.82) is 0 Å². The van der Waals surface area contributed by atoms with Gasteiger partial charge in [0, 0.05) is 41.0 Å². The highest BCUT2D eigenvalue weighted by Gasteiger charge is 2.19. The molecule has 31 heavy (non-hydrogen) atoms. The summed E-state index contributed by atoms with van der Waals surface area (Å²) in [5.41, 5.74) is 4.42. The maximum atomic E-state index is 6.17. The van der Waals surface area contributed by atoms with Crippen LogP contribution in [0.15, 0.2) is 42.7 Å². The molecule has 0 amide bonds. The van der Waals surface area contributed by atoms with E-state index in [4.69, 9.17) is 28.8 Å². The Balaban J connectivity index is 1.50. The fourth-order valence-corrected chi connectivity index (χ4v) is 3.77. The zero-order valence-corrected chi connectivity index (χ0v) is 19.0. The van der Waals surface area contributed by atoms with Gasteiger partial charge in [-0.25, -0.2) is 15.0 Å². The number of anilines is 4. The van der Waals surface area contributed by atoms with E-state index in [1.54, 1.807) is 6.20 Å². The Labute approximate surface area is 192 Å². The average molecular weight is 454 g/mol. The van der Waals surface area contributed by atoms with E-state index >= 15 is 0 Å². The summed E-state index contributed by atoms with van der Waals surface area (Å²) in [4.78, 5) is 16.6. The first-order valence-corrected chi connectivity index (χ1v) is 10.8. The van der Waals surface area contributed by atoms with Gasteiger partial charge in [-0.2, -0.15) is 0 Å². The van der Waals surface area contributed by atoms with Crippen LogP contribution in [0.25, 0.3) is 11.3 Å². The lowest BCUT2D eigenvalue weighted by molar-refractivity contribution is 0.405. The van der Waals surface area contributed by atoms with Gasteiger partial charge in [-0.3, -0.25) is 0 Å². The molecule has 0 unspecified atom stereocenters. The molecule has 1 aliphatic rings. The van der Waals surface area contributed by atoms with E-state index in [2.05, 4.69) is 44.9 Å². The van der Waals surface area contributed by atoms with Crippen LogP contribution in [0, 0.1) is 0 Å². The predicted molar refractivity (Wildman–Crippen MR) is 132 cm³/mol. The number of hydrogen-bond donors (Lipinski definition) is 3. The molecule has 1 aromatic carbocycles. The Kier molecular flexibility index (Phi) is 6.60. The lowest BCUT2D eigenvalue weighted by atomic mass is 10.1. The van der Waals surface area contributed by atoms with E-state index in [-0.39, 0.29) is 0 Å². The molecule has 7 nitrogen and oxygen atoms in total. The molecule has 0 spiro atoms. The van der Waals surface area contributed by atoms with Crippen LogP contribution in [-0.2, 0) is 6.42 Å². The van der Waals surface area contributed by atoms with E-state index < -0.39 is 0 Å². The van der Waals surface area contributed by atoms with Crippen molar-refractivity contribution < 1.29 is 0 Å². The molecular formula is C22H24ClN7S.